The average molecular weight is 554 g/mol. The van der Waals surface area contributed by atoms with Gasteiger partial charge in [0.2, 0.25) is 0 Å². The lowest BCUT2D eigenvalue weighted by Gasteiger charge is -2.32. The Labute approximate surface area is 222 Å². The molecule has 0 saturated carbocycles. The molecule has 3 aromatic rings. The molecule has 0 unspecified atom stereocenters. The predicted molar refractivity (Wildman–Crippen MR) is 134 cm³/mol. The predicted octanol–water partition coefficient (Wildman–Crippen LogP) is 7.77. The van der Waals surface area contributed by atoms with E-state index in [1.54, 1.807) is 58.0 Å². The number of hydrogen-bond donors (Lipinski definition) is 1. The third kappa shape index (κ3) is 7.91. The molecule has 1 amide bonds. The second-order valence-electron chi connectivity index (χ2n) is 10.3. The van der Waals surface area contributed by atoms with E-state index >= 15 is 0 Å². The van der Waals surface area contributed by atoms with Crippen molar-refractivity contribution in [2.75, 3.05) is 0 Å². The summed E-state index contributed by atoms with van der Waals surface area (Å²) < 4.78 is 91.5. The molecular weight excluding hydrogens is 524 g/mol. The van der Waals surface area contributed by atoms with Crippen LogP contribution in [0.25, 0.3) is 0 Å². The van der Waals surface area contributed by atoms with E-state index in [1.807, 2.05) is 0 Å². The van der Waals surface area contributed by atoms with Crippen molar-refractivity contribution in [2.24, 2.45) is 0 Å². The van der Waals surface area contributed by atoms with E-state index in [9.17, 15) is 31.1 Å². The van der Waals surface area contributed by atoms with E-state index in [0.29, 0.717) is 11.6 Å². The van der Waals surface area contributed by atoms with E-state index in [4.69, 9.17) is 4.74 Å². The molecule has 0 spiro atoms. The van der Waals surface area contributed by atoms with Crippen LogP contribution in [0.4, 0.5) is 31.1 Å². The van der Waals surface area contributed by atoms with Crippen molar-refractivity contribution in [1.29, 1.82) is 0 Å². The molecule has 0 aliphatic rings. The Morgan fingerprint density at radius 2 is 1.56 bits per heavy atom. The largest absolute Gasteiger partial charge is 0.461 e. The molecule has 0 bridgehead atoms. The fourth-order valence-electron chi connectivity index (χ4n) is 4.05. The summed E-state index contributed by atoms with van der Waals surface area (Å²) in [6.07, 6.45) is -9.52. The van der Waals surface area contributed by atoms with E-state index in [0.717, 1.165) is 17.7 Å². The summed E-state index contributed by atoms with van der Waals surface area (Å²) in [6, 6.07) is 15.8. The van der Waals surface area contributed by atoms with Crippen LogP contribution in [0.5, 0.6) is 5.75 Å². The highest BCUT2D eigenvalue weighted by atomic mass is 19.3. The maximum absolute atomic E-state index is 14.7. The molecule has 0 aliphatic carbocycles. The third-order valence-electron chi connectivity index (χ3n) is 5.92. The first kappa shape index (κ1) is 29.9. The number of hydrogen-bond acceptors (Lipinski definition) is 3. The van der Waals surface area contributed by atoms with Crippen LogP contribution in [0.2, 0.25) is 0 Å². The van der Waals surface area contributed by atoms with Crippen LogP contribution in [-0.2, 0) is 23.1 Å². The zero-order valence-electron chi connectivity index (χ0n) is 21.8. The molecular formula is C29H29F6NO3. The second-order valence-corrected chi connectivity index (χ2v) is 10.3. The average Bonchev–Trinajstić information content (AvgIpc) is 2.82. The Bertz CT molecular complexity index is 1290. The summed E-state index contributed by atoms with van der Waals surface area (Å²) in [6.45, 7) is 6.49. The smallest absolute Gasteiger partial charge is 0.444 e. The zero-order valence-corrected chi connectivity index (χ0v) is 21.8. The summed E-state index contributed by atoms with van der Waals surface area (Å²) in [5, 5.41) is 2.48. The number of alkyl carbamates (subject to hydrolysis) is 1. The van der Waals surface area contributed by atoms with Crippen LogP contribution < -0.4 is 10.1 Å². The fraction of sp³-hybridized carbons (Fsp3) is 0.345. The van der Waals surface area contributed by atoms with Crippen LogP contribution in [0.1, 0.15) is 49.9 Å². The lowest BCUT2D eigenvalue weighted by molar-refractivity contribution is -0.253. The van der Waals surface area contributed by atoms with E-state index in [2.05, 4.69) is 10.1 Å². The molecule has 3 rings (SSSR count). The van der Waals surface area contributed by atoms with Crippen molar-refractivity contribution in [1.82, 2.24) is 5.32 Å². The van der Waals surface area contributed by atoms with Crippen molar-refractivity contribution >= 4 is 6.09 Å². The molecule has 1 N–H and O–H groups in total. The van der Waals surface area contributed by atoms with Gasteiger partial charge in [-0.3, -0.25) is 0 Å². The molecule has 0 aliphatic heterocycles. The zero-order chi connectivity index (χ0) is 29.0. The number of ether oxygens (including phenoxy) is 2. The number of alkyl halides is 4. The monoisotopic (exact) mass is 553 g/mol. The van der Waals surface area contributed by atoms with E-state index in [-0.39, 0.29) is 24.1 Å². The van der Waals surface area contributed by atoms with Crippen LogP contribution >= 0.6 is 0 Å². The molecule has 0 fully saturated rings. The van der Waals surface area contributed by atoms with Crippen molar-refractivity contribution in [2.45, 2.75) is 64.2 Å². The molecule has 10 heteroatoms. The number of halogens is 6. The first-order valence-electron chi connectivity index (χ1n) is 12.0. The van der Waals surface area contributed by atoms with Crippen molar-refractivity contribution in [3.8, 4) is 5.75 Å². The number of benzene rings is 3. The first-order valence-corrected chi connectivity index (χ1v) is 12.0. The fourth-order valence-corrected chi connectivity index (χ4v) is 4.05. The highest BCUT2D eigenvalue weighted by molar-refractivity contribution is 5.67. The third-order valence-corrected chi connectivity index (χ3v) is 5.92. The van der Waals surface area contributed by atoms with Crippen LogP contribution in [0.3, 0.4) is 0 Å². The molecule has 0 heterocycles. The van der Waals surface area contributed by atoms with Gasteiger partial charge in [-0.2, -0.15) is 17.6 Å². The van der Waals surface area contributed by atoms with Gasteiger partial charge in [0.1, 0.15) is 23.0 Å². The van der Waals surface area contributed by atoms with Gasteiger partial charge in [0.05, 0.1) is 0 Å². The van der Waals surface area contributed by atoms with Crippen molar-refractivity contribution in [3.63, 3.8) is 0 Å². The second kappa shape index (κ2) is 11.6. The molecule has 4 nitrogen and oxygen atoms in total. The summed E-state index contributed by atoms with van der Waals surface area (Å²) in [5.74, 6) is -2.40. The topological polar surface area (TPSA) is 47.6 Å². The number of carbonyl (C=O) groups is 1. The molecule has 0 radical (unpaired) electrons. The Morgan fingerprint density at radius 1 is 0.897 bits per heavy atom. The number of carbonyl (C=O) groups excluding carboxylic acids is 1. The first-order chi connectivity index (χ1) is 18.1. The van der Waals surface area contributed by atoms with Gasteiger partial charge in [0.25, 0.3) is 0 Å². The van der Waals surface area contributed by atoms with Gasteiger partial charge in [-0.15, -0.1) is 0 Å². The number of nitrogens with one attached hydrogen (secondary N) is 1. The summed E-state index contributed by atoms with van der Waals surface area (Å²) in [5.41, 5.74) is -0.486. The minimum absolute atomic E-state index is 0.0924. The maximum Gasteiger partial charge on any atom is 0.461 e. The summed E-state index contributed by atoms with van der Waals surface area (Å²) in [4.78, 5) is 12.1. The quantitative estimate of drug-likeness (QED) is 0.276. The molecule has 3 aromatic carbocycles. The molecule has 0 aromatic heterocycles. The van der Waals surface area contributed by atoms with Gasteiger partial charge in [0.15, 0.2) is 0 Å². The van der Waals surface area contributed by atoms with Gasteiger partial charge in [-0.1, -0.05) is 49.4 Å². The van der Waals surface area contributed by atoms with Crippen LogP contribution in [0.15, 0.2) is 66.7 Å². The van der Waals surface area contributed by atoms with E-state index < -0.39 is 47.0 Å². The normalized spacial score (nSPS) is 13.6. The Kier molecular flexibility index (Phi) is 8.87. The lowest BCUT2D eigenvalue weighted by atomic mass is 9.71. The lowest BCUT2D eigenvalue weighted by Crippen LogP contribution is -2.34. The van der Waals surface area contributed by atoms with E-state index in [1.165, 1.54) is 18.2 Å². The Morgan fingerprint density at radius 3 is 2.18 bits per heavy atom. The van der Waals surface area contributed by atoms with Gasteiger partial charge < -0.3 is 14.8 Å². The summed E-state index contributed by atoms with van der Waals surface area (Å²) >= 11 is 0. The number of amides is 1. The summed E-state index contributed by atoms with van der Waals surface area (Å²) in [7, 11) is 0. The molecule has 0 saturated heterocycles. The highest BCUT2D eigenvalue weighted by Crippen LogP contribution is 2.39. The van der Waals surface area contributed by atoms with Gasteiger partial charge in [0, 0.05) is 23.6 Å². The molecule has 210 valence electrons. The number of rotatable bonds is 9. The standard InChI is InChI=1S/C29H29F6NO3/c1-27(2,3)39-26(37)36-17-19-12-20(10-11-24(19)31)28(4,16-18-8-6-5-7-9-18)21-13-22(30)15-23(14-21)38-29(34,35)25(32)33/h5-15,25H,16-17H2,1-4H3,(H,36,37)/t28-/m0/s1. The maximum atomic E-state index is 14.7. The Balaban J connectivity index is 2.06. The van der Waals surface area contributed by atoms with Crippen LogP contribution in [0, 0.1) is 11.6 Å². The Hall–Kier alpha value is -3.69. The van der Waals surface area contributed by atoms with Crippen molar-refractivity contribution < 1.29 is 40.6 Å². The minimum atomic E-state index is -4.84. The van der Waals surface area contributed by atoms with Gasteiger partial charge in [-0.05, 0) is 62.1 Å². The van der Waals surface area contributed by atoms with Crippen LogP contribution in [-0.4, -0.2) is 24.2 Å². The molecule has 1 atom stereocenters. The SMILES string of the molecule is CC(C)(C)OC(=O)NCc1cc([C@](C)(Cc2ccccc2)c2cc(F)cc(OC(F)(F)C(F)F)c2)ccc1F. The van der Waals surface area contributed by atoms with Gasteiger partial charge in [-0.25, -0.2) is 13.6 Å². The highest BCUT2D eigenvalue weighted by Gasteiger charge is 2.44. The minimum Gasteiger partial charge on any atom is -0.444 e. The molecule has 39 heavy (non-hydrogen) atoms. The van der Waals surface area contributed by atoms with Crippen molar-refractivity contribution in [3.05, 3.63) is 101 Å². The van der Waals surface area contributed by atoms with Gasteiger partial charge >= 0.3 is 18.6 Å².